The zero-order valence-corrected chi connectivity index (χ0v) is 19.8. The van der Waals surface area contributed by atoms with Gasteiger partial charge in [0.05, 0.1) is 11.0 Å². The molecule has 0 N–H and O–H groups in total. The molecule has 0 amide bonds. The first kappa shape index (κ1) is 20.5. The maximum Gasteiger partial charge on any atom is 0.0541 e. The number of hydrogen-bond acceptors (Lipinski definition) is 0. The molecule has 0 radical (unpaired) electrons. The van der Waals surface area contributed by atoms with Crippen LogP contribution in [0.2, 0.25) is 0 Å². The molecule has 1 nitrogen and oxygen atoms in total. The second kappa shape index (κ2) is 8.04. The monoisotopic (exact) mass is 437 g/mol. The van der Waals surface area contributed by atoms with Crippen molar-refractivity contribution in [2.24, 2.45) is 0 Å². The Morgan fingerprint density at radius 2 is 0.941 bits per heavy atom. The summed E-state index contributed by atoms with van der Waals surface area (Å²) in [6.45, 7) is 6.51. The lowest BCUT2D eigenvalue weighted by Crippen LogP contribution is -1.94. The van der Waals surface area contributed by atoms with Crippen LogP contribution in [0.25, 0.3) is 49.7 Å². The Kier molecular flexibility index (Phi) is 4.85. The molecule has 0 aliphatic carbocycles. The molecular weight excluding hydrogens is 410 g/mol. The molecule has 6 rings (SSSR count). The van der Waals surface area contributed by atoms with Crippen LogP contribution in [0.15, 0.2) is 109 Å². The quantitative estimate of drug-likeness (QED) is 0.260. The molecule has 0 aliphatic heterocycles. The van der Waals surface area contributed by atoms with Gasteiger partial charge in [-0.05, 0) is 90.6 Å². The van der Waals surface area contributed by atoms with Gasteiger partial charge in [-0.1, -0.05) is 78.4 Å². The second-order valence-corrected chi connectivity index (χ2v) is 9.26. The fourth-order valence-electron chi connectivity index (χ4n) is 5.12. The Labute approximate surface area is 200 Å². The molecule has 0 spiro atoms. The number of aromatic nitrogens is 1. The molecule has 164 valence electrons. The minimum Gasteiger partial charge on any atom is -0.309 e. The molecule has 1 aromatic heterocycles. The van der Waals surface area contributed by atoms with E-state index < -0.39 is 0 Å². The smallest absolute Gasteiger partial charge is 0.0541 e. The van der Waals surface area contributed by atoms with E-state index in [-0.39, 0.29) is 0 Å². The number of fused-ring (bicyclic) bond motifs is 3. The topological polar surface area (TPSA) is 4.93 Å². The van der Waals surface area contributed by atoms with Crippen LogP contribution in [0.1, 0.15) is 16.7 Å². The molecule has 0 aliphatic rings. The Morgan fingerprint density at radius 1 is 0.471 bits per heavy atom. The Balaban J connectivity index is 1.67. The standard InChI is InChI=1S/C33H27N/c1-22-12-16-27(17-13-22)34-32-18-14-25(28-10-6-4-8-23(28)2)20-30(32)31-21-26(15-19-33(31)34)29-11-7-5-9-24(29)3/h4-21H,1-3H3. The Hall–Kier alpha value is -4.10. The molecule has 6 aromatic rings. The summed E-state index contributed by atoms with van der Waals surface area (Å²) in [6, 6.07) is 39.9. The highest BCUT2D eigenvalue weighted by atomic mass is 15.0. The van der Waals surface area contributed by atoms with Crippen molar-refractivity contribution in [3.8, 4) is 27.9 Å². The van der Waals surface area contributed by atoms with Gasteiger partial charge in [0.25, 0.3) is 0 Å². The summed E-state index contributed by atoms with van der Waals surface area (Å²) in [5.74, 6) is 0. The van der Waals surface area contributed by atoms with E-state index >= 15 is 0 Å². The van der Waals surface area contributed by atoms with Crippen LogP contribution in [-0.4, -0.2) is 4.57 Å². The lowest BCUT2D eigenvalue weighted by Gasteiger charge is -2.10. The molecule has 34 heavy (non-hydrogen) atoms. The van der Waals surface area contributed by atoms with E-state index in [9.17, 15) is 0 Å². The van der Waals surface area contributed by atoms with Gasteiger partial charge in [0.1, 0.15) is 0 Å². The average molecular weight is 438 g/mol. The molecule has 0 atom stereocenters. The summed E-state index contributed by atoms with van der Waals surface area (Å²) in [4.78, 5) is 0. The number of benzene rings is 5. The zero-order chi connectivity index (χ0) is 23.2. The summed E-state index contributed by atoms with van der Waals surface area (Å²) in [5.41, 5.74) is 12.6. The first-order chi connectivity index (χ1) is 16.6. The number of hydrogen-bond donors (Lipinski definition) is 0. The average Bonchev–Trinajstić information content (AvgIpc) is 3.18. The van der Waals surface area contributed by atoms with E-state index in [4.69, 9.17) is 0 Å². The predicted molar refractivity (Wildman–Crippen MR) is 146 cm³/mol. The normalized spacial score (nSPS) is 11.4. The molecule has 0 fully saturated rings. The maximum atomic E-state index is 2.40. The van der Waals surface area contributed by atoms with Gasteiger partial charge in [-0.25, -0.2) is 0 Å². The van der Waals surface area contributed by atoms with Gasteiger partial charge in [-0.3, -0.25) is 0 Å². The number of nitrogens with zero attached hydrogens (tertiary/aromatic N) is 1. The van der Waals surface area contributed by atoms with Crippen molar-refractivity contribution in [3.05, 3.63) is 126 Å². The highest BCUT2D eigenvalue weighted by Gasteiger charge is 2.15. The third kappa shape index (κ3) is 3.33. The van der Waals surface area contributed by atoms with Crippen molar-refractivity contribution >= 4 is 21.8 Å². The third-order valence-electron chi connectivity index (χ3n) is 6.97. The lowest BCUT2D eigenvalue weighted by molar-refractivity contribution is 1.17. The molecule has 0 saturated heterocycles. The van der Waals surface area contributed by atoms with Gasteiger partial charge in [-0.2, -0.15) is 0 Å². The molecule has 5 aromatic carbocycles. The number of rotatable bonds is 3. The van der Waals surface area contributed by atoms with E-state index in [1.807, 2.05) is 0 Å². The lowest BCUT2D eigenvalue weighted by atomic mass is 9.97. The highest BCUT2D eigenvalue weighted by molar-refractivity contribution is 6.11. The van der Waals surface area contributed by atoms with E-state index in [2.05, 4.69) is 135 Å². The number of aryl methyl sites for hydroxylation is 3. The van der Waals surface area contributed by atoms with Crippen molar-refractivity contribution in [2.45, 2.75) is 20.8 Å². The van der Waals surface area contributed by atoms with Crippen LogP contribution in [0, 0.1) is 20.8 Å². The minimum absolute atomic E-state index is 1.19. The maximum absolute atomic E-state index is 2.40. The zero-order valence-electron chi connectivity index (χ0n) is 19.8. The van der Waals surface area contributed by atoms with Crippen molar-refractivity contribution < 1.29 is 0 Å². The van der Waals surface area contributed by atoms with Crippen LogP contribution < -0.4 is 0 Å². The van der Waals surface area contributed by atoms with Crippen molar-refractivity contribution in [2.75, 3.05) is 0 Å². The van der Waals surface area contributed by atoms with Crippen molar-refractivity contribution in [1.82, 2.24) is 4.57 Å². The summed E-state index contributed by atoms with van der Waals surface area (Å²) in [7, 11) is 0. The van der Waals surface area contributed by atoms with Gasteiger partial charge in [-0.15, -0.1) is 0 Å². The van der Waals surface area contributed by atoms with Crippen molar-refractivity contribution in [1.29, 1.82) is 0 Å². The fraction of sp³-hybridized carbons (Fsp3) is 0.0909. The van der Waals surface area contributed by atoms with E-state index in [0.717, 1.165) is 0 Å². The molecular formula is C33H27N. The highest BCUT2D eigenvalue weighted by Crippen LogP contribution is 2.38. The summed E-state index contributed by atoms with van der Waals surface area (Å²) in [5, 5.41) is 2.57. The first-order valence-corrected chi connectivity index (χ1v) is 11.9. The Morgan fingerprint density at radius 3 is 1.41 bits per heavy atom. The minimum atomic E-state index is 1.19. The SMILES string of the molecule is Cc1ccc(-n2c3ccc(-c4ccccc4C)cc3c3cc(-c4ccccc4C)ccc32)cc1. The van der Waals surface area contributed by atoms with Crippen molar-refractivity contribution in [3.63, 3.8) is 0 Å². The van der Waals surface area contributed by atoms with E-state index in [0.29, 0.717) is 0 Å². The first-order valence-electron chi connectivity index (χ1n) is 11.9. The van der Waals surface area contributed by atoms with Gasteiger partial charge in [0.2, 0.25) is 0 Å². The predicted octanol–water partition coefficient (Wildman–Crippen LogP) is 9.04. The van der Waals surface area contributed by atoms with Gasteiger partial charge in [0, 0.05) is 16.5 Å². The van der Waals surface area contributed by atoms with E-state index in [1.54, 1.807) is 0 Å². The van der Waals surface area contributed by atoms with Crippen LogP contribution in [0.4, 0.5) is 0 Å². The van der Waals surface area contributed by atoms with Crippen LogP contribution >= 0.6 is 0 Å². The molecule has 0 bridgehead atoms. The molecule has 0 saturated carbocycles. The third-order valence-corrected chi connectivity index (χ3v) is 6.97. The largest absolute Gasteiger partial charge is 0.309 e. The van der Waals surface area contributed by atoms with Gasteiger partial charge in [0.15, 0.2) is 0 Å². The van der Waals surface area contributed by atoms with E-state index in [1.165, 1.54) is 66.4 Å². The van der Waals surface area contributed by atoms with Crippen LogP contribution in [-0.2, 0) is 0 Å². The Bertz CT molecular complexity index is 1560. The summed E-state index contributed by atoms with van der Waals surface area (Å²) in [6.07, 6.45) is 0. The summed E-state index contributed by atoms with van der Waals surface area (Å²) >= 11 is 0. The second-order valence-electron chi connectivity index (χ2n) is 9.26. The van der Waals surface area contributed by atoms with Crippen LogP contribution in [0.5, 0.6) is 0 Å². The van der Waals surface area contributed by atoms with Gasteiger partial charge >= 0.3 is 0 Å². The molecule has 1 heteroatoms. The van der Waals surface area contributed by atoms with Crippen LogP contribution in [0.3, 0.4) is 0 Å². The molecule has 0 unspecified atom stereocenters. The fourth-order valence-corrected chi connectivity index (χ4v) is 5.12. The summed E-state index contributed by atoms with van der Waals surface area (Å²) < 4.78 is 2.40. The molecule has 1 heterocycles. The van der Waals surface area contributed by atoms with Gasteiger partial charge < -0.3 is 4.57 Å².